The zero-order chi connectivity index (χ0) is 21.0. The summed E-state index contributed by atoms with van der Waals surface area (Å²) in [6.45, 7) is 2.30. The number of carboxylic acid groups (broad SMARTS) is 1. The number of hydrogen-bond acceptors (Lipinski definition) is 5. The Labute approximate surface area is 176 Å². The summed E-state index contributed by atoms with van der Waals surface area (Å²) in [6, 6.07) is 12.7. The van der Waals surface area contributed by atoms with E-state index in [-0.39, 0.29) is 23.8 Å². The smallest absolute Gasteiger partial charge is 0.335 e. The van der Waals surface area contributed by atoms with Gasteiger partial charge >= 0.3 is 5.97 Å². The van der Waals surface area contributed by atoms with Crippen molar-refractivity contribution in [3.63, 3.8) is 0 Å². The van der Waals surface area contributed by atoms with Gasteiger partial charge in [0.1, 0.15) is 5.25 Å². The number of rotatable bonds is 5. The van der Waals surface area contributed by atoms with Gasteiger partial charge in [-0.25, -0.2) is 9.79 Å². The molecule has 2 N–H and O–H groups in total. The van der Waals surface area contributed by atoms with Gasteiger partial charge in [0.15, 0.2) is 5.17 Å². The van der Waals surface area contributed by atoms with E-state index in [0.29, 0.717) is 28.1 Å². The van der Waals surface area contributed by atoms with Gasteiger partial charge in [-0.2, -0.15) is 0 Å². The van der Waals surface area contributed by atoms with E-state index in [1.54, 1.807) is 29.2 Å². The largest absolute Gasteiger partial charge is 0.478 e. The molecule has 29 heavy (non-hydrogen) atoms. The fraction of sp³-hybridized carbons (Fsp3) is 0.200. The number of aliphatic imine (C=N–C) groups is 1. The van der Waals surface area contributed by atoms with E-state index < -0.39 is 11.2 Å². The molecule has 2 aromatic rings. The van der Waals surface area contributed by atoms with Crippen LogP contribution in [-0.2, 0) is 9.59 Å². The van der Waals surface area contributed by atoms with Gasteiger partial charge in [0.2, 0.25) is 11.8 Å². The predicted octanol–water partition coefficient (Wildman–Crippen LogP) is 4.02. The second-order valence-corrected chi connectivity index (χ2v) is 7.80. The highest BCUT2D eigenvalue weighted by Crippen LogP contribution is 2.30. The molecular formula is C20H18ClN3O4S. The van der Waals surface area contributed by atoms with Crippen molar-refractivity contribution in [2.45, 2.75) is 18.6 Å². The summed E-state index contributed by atoms with van der Waals surface area (Å²) in [7, 11) is 0. The Hall–Kier alpha value is -2.84. The summed E-state index contributed by atoms with van der Waals surface area (Å²) in [5.41, 5.74) is 1.22. The molecule has 0 saturated carbocycles. The molecule has 1 aliphatic rings. The summed E-state index contributed by atoms with van der Waals surface area (Å²) in [6.07, 6.45) is 0.0528. The number of nitrogens with one attached hydrogen (secondary N) is 1. The normalized spacial score (nSPS) is 18.0. The molecule has 0 bridgehead atoms. The Morgan fingerprint density at radius 2 is 1.86 bits per heavy atom. The minimum atomic E-state index is -1.04. The monoisotopic (exact) mass is 431 g/mol. The molecule has 0 unspecified atom stereocenters. The molecule has 1 heterocycles. The van der Waals surface area contributed by atoms with Crippen LogP contribution in [0.3, 0.4) is 0 Å². The maximum Gasteiger partial charge on any atom is 0.335 e. The Bertz CT molecular complexity index is 961. The van der Waals surface area contributed by atoms with Crippen molar-refractivity contribution in [1.29, 1.82) is 0 Å². The molecule has 3 rings (SSSR count). The summed E-state index contributed by atoms with van der Waals surface area (Å²) in [5, 5.41) is 12.1. The van der Waals surface area contributed by atoms with Gasteiger partial charge in [0, 0.05) is 23.7 Å². The van der Waals surface area contributed by atoms with Crippen LogP contribution in [-0.4, -0.2) is 44.8 Å². The lowest BCUT2D eigenvalue weighted by Crippen LogP contribution is -2.45. The molecule has 7 nitrogen and oxygen atoms in total. The van der Waals surface area contributed by atoms with Crippen molar-refractivity contribution in [3.05, 3.63) is 59.1 Å². The zero-order valence-electron chi connectivity index (χ0n) is 15.5. The van der Waals surface area contributed by atoms with Crippen LogP contribution < -0.4 is 5.32 Å². The number of amides is 2. The second-order valence-electron chi connectivity index (χ2n) is 6.19. The Balaban J connectivity index is 1.77. The number of aromatic carboxylic acids is 1. The van der Waals surface area contributed by atoms with Gasteiger partial charge in [0.05, 0.1) is 11.3 Å². The van der Waals surface area contributed by atoms with Gasteiger partial charge < -0.3 is 10.4 Å². The lowest BCUT2D eigenvalue weighted by Gasteiger charge is -2.30. The summed E-state index contributed by atoms with van der Waals surface area (Å²) >= 11 is 7.12. The first kappa shape index (κ1) is 20.9. The number of benzene rings is 2. The SMILES string of the molecule is CCN1C(=O)C[C@@H](C(=O)Nc2ccc(C(=O)O)cc2)SC1=Nc1ccc(Cl)cc1. The fourth-order valence-electron chi connectivity index (χ4n) is 2.70. The van der Waals surface area contributed by atoms with E-state index >= 15 is 0 Å². The number of thioether (sulfide) groups is 1. The molecule has 1 fully saturated rings. The predicted molar refractivity (Wildman–Crippen MR) is 114 cm³/mol. The first-order valence-corrected chi connectivity index (χ1v) is 10.1. The maximum absolute atomic E-state index is 12.7. The van der Waals surface area contributed by atoms with Crippen molar-refractivity contribution in [3.8, 4) is 0 Å². The number of amidine groups is 1. The second kappa shape index (κ2) is 9.11. The van der Waals surface area contributed by atoms with Crippen LogP contribution in [0.25, 0.3) is 0 Å². The van der Waals surface area contributed by atoms with E-state index in [1.165, 1.54) is 36.0 Å². The third-order valence-electron chi connectivity index (χ3n) is 4.20. The van der Waals surface area contributed by atoms with Gasteiger partial charge in [-0.3, -0.25) is 14.5 Å². The van der Waals surface area contributed by atoms with Crippen molar-refractivity contribution < 1.29 is 19.5 Å². The number of nitrogens with zero attached hydrogens (tertiary/aromatic N) is 2. The van der Waals surface area contributed by atoms with E-state index in [2.05, 4.69) is 10.3 Å². The topological polar surface area (TPSA) is 99.1 Å². The molecule has 0 aliphatic carbocycles. The number of hydrogen-bond donors (Lipinski definition) is 2. The summed E-state index contributed by atoms with van der Waals surface area (Å²) in [5.74, 6) is -1.56. The molecular weight excluding hydrogens is 414 g/mol. The van der Waals surface area contributed by atoms with Crippen LogP contribution in [0.2, 0.25) is 5.02 Å². The molecule has 1 saturated heterocycles. The lowest BCUT2D eigenvalue weighted by atomic mass is 10.2. The van der Waals surface area contributed by atoms with Gasteiger partial charge in [0.25, 0.3) is 0 Å². The zero-order valence-corrected chi connectivity index (χ0v) is 17.0. The minimum Gasteiger partial charge on any atom is -0.478 e. The Morgan fingerprint density at radius 1 is 1.21 bits per heavy atom. The van der Waals surface area contributed by atoms with Crippen molar-refractivity contribution in [2.24, 2.45) is 4.99 Å². The highest BCUT2D eigenvalue weighted by molar-refractivity contribution is 8.15. The highest BCUT2D eigenvalue weighted by Gasteiger charge is 2.35. The van der Waals surface area contributed by atoms with Crippen LogP contribution >= 0.6 is 23.4 Å². The maximum atomic E-state index is 12.7. The molecule has 9 heteroatoms. The molecule has 0 radical (unpaired) electrons. The first-order chi connectivity index (χ1) is 13.9. The van der Waals surface area contributed by atoms with Crippen LogP contribution in [0, 0.1) is 0 Å². The fourth-order valence-corrected chi connectivity index (χ4v) is 3.99. The first-order valence-electron chi connectivity index (χ1n) is 8.83. The third-order valence-corrected chi connectivity index (χ3v) is 5.64. The molecule has 150 valence electrons. The Kier molecular flexibility index (Phi) is 6.56. The summed E-state index contributed by atoms with van der Waals surface area (Å²) in [4.78, 5) is 42.2. The molecule has 0 spiro atoms. The van der Waals surface area contributed by atoms with Gasteiger partial charge in [-0.1, -0.05) is 23.4 Å². The van der Waals surface area contributed by atoms with Crippen molar-refractivity contribution in [1.82, 2.24) is 4.90 Å². The number of carbonyl (C=O) groups excluding carboxylic acids is 2. The standard InChI is InChI=1S/C20H18ClN3O4S/c1-2-24-17(25)11-16(29-20(24)23-15-9-5-13(21)6-10-15)18(26)22-14-7-3-12(4-8-14)19(27)28/h3-10,16H,2,11H2,1H3,(H,22,26)(H,27,28)/t16-/m0/s1. The van der Waals surface area contributed by atoms with Gasteiger partial charge in [-0.15, -0.1) is 0 Å². The minimum absolute atomic E-state index is 0.0528. The number of carbonyl (C=O) groups is 3. The van der Waals surface area contributed by atoms with E-state index in [9.17, 15) is 14.4 Å². The lowest BCUT2D eigenvalue weighted by molar-refractivity contribution is -0.129. The van der Waals surface area contributed by atoms with Crippen molar-refractivity contribution in [2.75, 3.05) is 11.9 Å². The van der Waals surface area contributed by atoms with E-state index in [4.69, 9.17) is 16.7 Å². The van der Waals surface area contributed by atoms with Crippen LogP contribution in [0.1, 0.15) is 23.7 Å². The number of halogens is 1. The van der Waals surface area contributed by atoms with E-state index in [1.807, 2.05) is 6.92 Å². The third kappa shape index (κ3) is 5.16. The highest BCUT2D eigenvalue weighted by atomic mass is 35.5. The number of carboxylic acids is 1. The molecule has 2 amide bonds. The molecule has 0 aromatic heterocycles. The van der Waals surface area contributed by atoms with E-state index in [0.717, 1.165) is 0 Å². The van der Waals surface area contributed by atoms with Crippen LogP contribution in [0.4, 0.5) is 11.4 Å². The quantitative estimate of drug-likeness (QED) is 0.744. The number of anilines is 1. The Morgan fingerprint density at radius 3 is 2.45 bits per heavy atom. The van der Waals surface area contributed by atoms with Crippen LogP contribution in [0.5, 0.6) is 0 Å². The average Bonchev–Trinajstić information content (AvgIpc) is 2.70. The van der Waals surface area contributed by atoms with Crippen molar-refractivity contribution >= 4 is 57.7 Å². The summed E-state index contributed by atoms with van der Waals surface area (Å²) < 4.78 is 0. The molecule has 2 aromatic carbocycles. The average molecular weight is 432 g/mol. The van der Waals surface area contributed by atoms with Crippen LogP contribution in [0.15, 0.2) is 53.5 Å². The van der Waals surface area contributed by atoms with Gasteiger partial charge in [-0.05, 0) is 55.5 Å². The molecule has 1 atom stereocenters. The molecule has 1 aliphatic heterocycles.